The maximum atomic E-state index is 15.9. The van der Waals surface area contributed by atoms with E-state index in [1.165, 1.54) is 20.2 Å². The quantitative estimate of drug-likeness (QED) is 0.0286. The third-order valence-electron chi connectivity index (χ3n) is 18.2. The second-order valence-electron chi connectivity index (χ2n) is 21.8. The van der Waals surface area contributed by atoms with Gasteiger partial charge in [0.25, 0.3) is 17.6 Å². The van der Waals surface area contributed by atoms with Gasteiger partial charge < -0.3 is 93.3 Å². The maximum Gasteiger partial charge on any atom is 0.253 e. The topological polar surface area (TPSA) is 408 Å². The van der Waals surface area contributed by atoms with Gasteiger partial charge >= 0.3 is 0 Å². The number of fused-ring (bicyclic) bond motifs is 3. The lowest BCUT2D eigenvalue weighted by molar-refractivity contribution is -0.456. The fourth-order valence-corrected chi connectivity index (χ4v) is 14.8. The number of aliphatic imine (C=N–C) groups is 1. The summed E-state index contributed by atoms with van der Waals surface area (Å²) in [6.45, 7) is -1.43. The molecule has 2 aromatic carbocycles. The number of benzene rings is 2. The number of carbonyl (C=O) groups excluding carboxylic acids is 4. The highest BCUT2D eigenvalue weighted by atomic mass is 16.8. The zero-order chi connectivity index (χ0) is 56.4. The minimum absolute atomic E-state index is 0.0352. The highest BCUT2D eigenvalue weighted by Crippen LogP contribution is 2.73. The number of dihydropyridines is 2. The van der Waals surface area contributed by atoms with Crippen LogP contribution in [0, 0.1) is 35.0 Å². The summed E-state index contributed by atoms with van der Waals surface area (Å²) in [5.74, 6) is -10.6. The zero-order valence-electron chi connectivity index (χ0n) is 43.1. The van der Waals surface area contributed by atoms with Gasteiger partial charge in [0.2, 0.25) is 18.4 Å². The molecule has 2 aromatic rings. The van der Waals surface area contributed by atoms with Crippen molar-refractivity contribution in [2.24, 2.45) is 57.2 Å². The standard InChI is InChI=1S/C55H64N8O16/c1-59-52(58)62-31-14-24-13-26-4-3-23(20-64)30-7-6-28-38(44(24)54(26,30)27-5-8-34(56)61-18-27)41(31)46(69)43-39(28)45(68)40-29(21-65)32(77-2)16-33(42(40)47(43)70)78-50-48(71)49(72)53(75,55(76,79-50)51(73)74)17-25(22-11-12-60-35(57)15-22)19-63-36(66)9-10-37(63)67/h3-5,8-11,15-16,18,23-26,30-31,34,44,48-51,60-61,64-65,69,71-76H,6-7,12-14,17,19-21,56-57H2,1-2H3,(H3,58,59,62)/t23-,24+,25+,26-,30+,31-,34?,44+,48+,49+,50+,53-,54+,55+/m0/s1. The summed E-state index contributed by atoms with van der Waals surface area (Å²) in [6.07, 6.45) is 4.64. The number of phenols is 1. The molecular weight excluding hydrogens is 1030 g/mol. The molecule has 79 heavy (non-hydrogen) atoms. The molecule has 1 unspecified atom stereocenters. The van der Waals surface area contributed by atoms with Crippen LogP contribution in [0.15, 0.2) is 82.8 Å². The first-order valence-electron chi connectivity index (χ1n) is 26.2. The van der Waals surface area contributed by atoms with Crippen LogP contribution in [0.4, 0.5) is 0 Å². The lowest BCUT2D eigenvalue weighted by atomic mass is 9.51. The third-order valence-corrected chi connectivity index (χ3v) is 18.2. The average Bonchev–Trinajstić information content (AvgIpc) is 3.29. The van der Waals surface area contributed by atoms with E-state index in [4.69, 9.17) is 31.4 Å². The molecule has 4 heterocycles. The summed E-state index contributed by atoms with van der Waals surface area (Å²) in [4.78, 5) is 62.2. The fraction of sp³-hybridized carbons (Fsp3) is 0.473. The van der Waals surface area contributed by atoms with Crippen LogP contribution in [-0.4, -0.2) is 156 Å². The molecule has 1 saturated carbocycles. The van der Waals surface area contributed by atoms with Crippen molar-refractivity contribution in [3.63, 3.8) is 0 Å². The normalized spacial score (nSPS) is 34.5. The number of aliphatic hydroxyl groups is 8. The van der Waals surface area contributed by atoms with Gasteiger partial charge in [0.1, 0.15) is 29.5 Å². The molecule has 1 saturated heterocycles. The molecule has 0 aromatic heterocycles. The molecule has 2 amide bonds. The van der Waals surface area contributed by atoms with Gasteiger partial charge in [-0.15, -0.1) is 0 Å². The minimum atomic E-state index is -3.69. The van der Waals surface area contributed by atoms with Gasteiger partial charge in [-0.2, -0.15) is 0 Å². The maximum absolute atomic E-state index is 15.9. The van der Waals surface area contributed by atoms with Gasteiger partial charge in [0.05, 0.1) is 42.9 Å². The van der Waals surface area contributed by atoms with Gasteiger partial charge in [-0.3, -0.25) is 29.1 Å². The first-order chi connectivity index (χ1) is 37.7. The molecule has 18 N–H and O–H groups in total. The average molecular weight is 1090 g/mol. The number of phenolic OH excluding ortho intramolecular Hbond substituents is 1. The van der Waals surface area contributed by atoms with Crippen LogP contribution < -0.4 is 42.6 Å². The van der Waals surface area contributed by atoms with Crippen molar-refractivity contribution in [3.8, 4) is 17.2 Å². The Morgan fingerprint density at radius 3 is 2.37 bits per heavy atom. The number of aromatic hydroxyl groups is 1. The monoisotopic (exact) mass is 1090 g/mol. The van der Waals surface area contributed by atoms with E-state index in [1.807, 2.05) is 18.4 Å². The molecule has 24 heteroatoms. The smallest absolute Gasteiger partial charge is 0.253 e. The zero-order valence-corrected chi connectivity index (χ0v) is 43.1. The summed E-state index contributed by atoms with van der Waals surface area (Å²) < 4.78 is 17.6. The number of rotatable bonds is 13. The number of allylic oxidation sites excluding steroid dienone is 4. The molecule has 420 valence electrons. The van der Waals surface area contributed by atoms with E-state index in [-0.39, 0.29) is 77.5 Å². The number of ketones is 2. The molecule has 11 rings (SSSR count). The number of nitrogens with one attached hydrogen (secondary N) is 3. The Kier molecular flexibility index (Phi) is 13.5. The number of imide groups is 1. The highest BCUT2D eigenvalue weighted by molar-refractivity contribution is 6.31. The van der Waals surface area contributed by atoms with Crippen LogP contribution in [0.2, 0.25) is 0 Å². The Labute approximate surface area is 451 Å². The summed E-state index contributed by atoms with van der Waals surface area (Å²) >= 11 is 0. The summed E-state index contributed by atoms with van der Waals surface area (Å²) in [5, 5.41) is 115. The molecule has 5 aliphatic carbocycles. The van der Waals surface area contributed by atoms with Crippen molar-refractivity contribution < 1.29 is 79.3 Å². The van der Waals surface area contributed by atoms with E-state index in [9.17, 15) is 55.5 Å². The van der Waals surface area contributed by atoms with E-state index >= 15 is 9.59 Å². The number of hydrogen-bond donors (Lipinski definition) is 15. The Bertz CT molecular complexity index is 3170. The van der Waals surface area contributed by atoms with Crippen LogP contribution in [0.5, 0.6) is 17.2 Å². The van der Waals surface area contributed by atoms with E-state index in [1.54, 1.807) is 6.08 Å². The Balaban J connectivity index is 1.04. The van der Waals surface area contributed by atoms with E-state index in [0.717, 1.165) is 28.7 Å². The fourth-order valence-electron chi connectivity index (χ4n) is 14.8. The minimum Gasteiger partial charge on any atom is -0.507 e. The van der Waals surface area contributed by atoms with Crippen LogP contribution in [0.1, 0.15) is 91.7 Å². The molecule has 0 radical (unpaired) electrons. The predicted octanol–water partition coefficient (Wildman–Crippen LogP) is -2.13. The number of nitrogens with zero attached hydrogens (tertiary/aromatic N) is 2. The van der Waals surface area contributed by atoms with Gasteiger partial charge in [0, 0.05) is 90.7 Å². The van der Waals surface area contributed by atoms with Crippen LogP contribution in [0.3, 0.4) is 0 Å². The van der Waals surface area contributed by atoms with Crippen molar-refractivity contribution in [1.82, 2.24) is 20.9 Å². The SMILES string of the molecule is CN=C(N)N[C@H]1C[C@H]2C[C@@H]3C=C[C@@H](CO)[C@H]4CCc5c6c(c(O)c1c5[C@@H]2[C@]43C1=CNC(N)C=C1)C(=O)c1c(O[C@@H]2O[C@](O)(C(O)O)[C@](O)(C[C@H](CN3C(=O)C=CC3=O)C3=CCNC(N)=C3)[C@H](O)[C@H]2O)cc(OC)c(CO)c1C6=O. The van der Waals surface area contributed by atoms with E-state index < -0.39 is 137 Å². The van der Waals surface area contributed by atoms with Gasteiger partial charge in [0.15, 0.2) is 17.3 Å². The number of nitrogens with two attached hydrogens (primary N) is 3. The number of guanidine groups is 1. The van der Waals surface area contributed by atoms with Crippen LogP contribution >= 0.6 is 0 Å². The number of methoxy groups -OCH3 is 1. The van der Waals surface area contributed by atoms with Crippen molar-refractivity contribution in [2.75, 3.05) is 33.9 Å². The van der Waals surface area contributed by atoms with E-state index in [0.29, 0.717) is 36.0 Å². The third kappa shape index (κ3) is 7.90. The molecule has 9 aliphatic rings. The lowest BCUT2D eigenvalue weighted by Crippen LogP contribution is -2.77. The number of amides is 2. The van der Waals surface area contributed by atoms with Crippen molar-refractivity contribution >= 4 is 29.3 Å². The first kappa shape index (κ1) is 54.0. The van der Waals surface area contributed by atoms with Crippen LogP contribution in [0.25, 0.3) is 0 Å². The Morgan fingerprint density at radius 1 is 0.987 bits per heavy atom. The Morgan fingerprint density at radius 2 is 1.72 bits per heavy atom. The van der Waals surface area contributed by atoms with E-state index in [2.05, 4.69) is 33.1 Å². The molecule has 14 atom stereocenters. The molecule has 0 spiro atoms. The van der Waals surface area contributed by atoms with Gasteiger partial charge in [-0.1, -0.05) is 24.3 Å². The van der Waals surface area contributed by atoms with Gasteiger partial charge in [-0.05, 0) is 90.2 Å². The summed E-state index contributed by atoms with van der Waals surface area (Å²) in [6, 6.07) is 0.299. The molecule has 24 nitrogen and oxygen atoms in total. The molecule has 2 fully saturated rings. The number of carbonyl (C=O) groups is 4. The predicted molar refractivity (Wildman–Crippen MR) is 277 cm³/mol. The van der Waals surface area contributed by atoms with Gasteiger partial charge in [-0.25, -0.2) is 0 Å². The lowest BCUT2D eigenvalue weighted by Gasteiger charge is -2.54. The number of aliphatic hydroxyl groups excluding tert-OH is 5. The van der Waals surface area contributed by atoms with Crippen molar-refractivity contribution in [3.05, 3.63) is 122 Å². The number of ether oxygens (including phenoxy) is 3. The first-order valence-corrected chi connectivity index (χ1v) is 26.2. The molecule has 4 aliphatic heterocycles. The largest absolute Gasteiger partial charge is 0.507 e. The second-order valence-corrected chi connectivity index (χ2v) is 21.8. The van der Waals surface area contributed by atoms with Crippen LogP contribution in [-0.2, 0) is 27.4 Å². The second kappa shape index (κ2) is 19.7. The Hall–Kier alpha value is -6.97. The molecule has 0 bridgehead atoms. The molecular formula is C55H64N8O16. The van der Waals surface area contributed by atoms with Crippen molar-refractivity contribution in [2.45, 2.75) is 93.0 Å². The van der Waals surface area contributed by atoms with Crippen molar-refractivity contribution in [1.29, 1.82) is 0 Å². The summed E-state index contributed by atoms with van der Waals surface area (Å²) in [5.41, 5.74) is 15.6. The summed E-state index contributed by atoms with van der Waals surface area (Å²) in [7, 11) is 2.69. The number of hydrogen-bond acceptors (Lipinski definition) is 21. The highest BCUT2D eigenvalue weighted by Gasteiger charge is 2.69.